The van der Waals surface area contributed by atoms with Crippen LogP contribution in [0, 0.1) is 0 Å². The second kappa shape index (κ2) is 10.3. The van der Waals surface area contributed by atoms with E-state index in [1.54, 1.807) is 24.1 Å². The molecule has 0 fully saturated rings. The zero-order chi connectivity index (χ0) is 19.6. The number of benzene rings is 2. The summed E-state index contributed by atoms with van der Waals surface area (Å²) in [6.45, 7) is 5.36. The van der Waals surface area contributed by atoms with Crippen molar-refractivity contribution in [1.82, 2.24) is 4.90 Å². The van der Waals surface area contributed by atoms with Crippen molar-refractivity contribution in [2.75, 3.05) is 43.5 Å². The Kier molecular flexibility index (Phi) is 7.82. The monoisotopic (exact) mass is 369 g/mol. The molecule has 0 spiro atoms. The number of likely N-dealkylation sites (N-methyl/N-ethyl adjacent to an activating group) is 2. The first-order valence-corrected chi connectivity index (χ1v) is 9.09. The summed E-state index contributed by atoms with van der Waals surface area (Å²) in [6, 6.07) is 16.8. The summed E-state index contributed by atoms with van der Waals surface area (Å²) in [5.74, 6) is 0.388. The van der Waals surface area contributed by atoms with Gasteiger partial charge in [0.2, 0.25) is 11.8 Å². The van der Waals surface area contributed by atoms with E-state index < -0.39 is 0 Å². The smallest absolute Gasteiger partial charge is 0.241 e. The number of methoxy groups -OCH3 is 1. The summed E-state index contributed by atoms with van der Waals surface area (Å²) < 4.78 is 5.25. The molecule has 0 aliphatic heterocycles. The maximum atomic E-state index is 12.7. The Hall–Kier alpha value is -2.86. The van der Waals surface area contributed by atoms with Crippen LogP contribution in [0.15, 0.2) is 54.6 Å². The van der Waals surface area contributed by atoms with Crippen LogP contribution in [-0.4, -0.2) is 50.0 Å². The Bertz CT molecular complexity index is 749. The topological polar surface area (TPSA) is 61.9 Å². The maximum absolute atomic E-state index is 12.7. The van der Waals surface area contributed by atoms with Gasteiger partial charge >= 0.3 is 0 Å². The summed E-state index contributed by atoms with van der Waals surface area (Å²) in [4.78, 5) is 28.7. The number of amides is 2. The Morgan fingerprint density at radius 3 is 2.22 bits per heavy atom. The fraction of sp³-hybridized carbons (Fsp3) is 0.333. The normalized spacial score (nSPS) is 10.5. The van der Waals surface area contributed by atoms with Crippen LogP contribution in [0.1, 0.15) is 13.8 Å². The predicted molar refractivity (Wildman–Crippen MR) is 108 cm³/mol. The number of rotatable bonds is 9. The van der Waals surface area contributed by atoms with Crippen molar-refractivity contribution in [3.63, 3.8) is 0 Å². The quantitative estimate of drug-likeness (QED) is 0.738. The van der Waals surface area contributed by atoms with E-state index in [4.69, 9.17) is 4.74 Å². The van der Waals surface area contributed by atoms with Crippen LogP contribution >= 0.6 is 0 Å². The lowest BCUT2D eigenvalue weighted by atomic mass is 10.2. The highest BCUT2D eigenvalue weighted by Gasteiger charge is 2.19. The van der Waals surface area contributed by atoms with E-state index in [0.717, 1.165) is 5.69 Å². The Balaban J connectivity index is 1.97. The number of anilines is 2. The highest BCUT2D eigenvalue weighted by molar-refractivity contribution is 5.96. The van der Waals surface area contributed by atoms with Gasteiger partial charge in [0, 0.05) is 12.2 Å². The molecule has 0 saturated heterocycles. The molecule has 6 heteroatoms. The zero-order valence-electron chi connectivity index (χ0n) is 16.1. The molecule has 2 rings (SSSR count). The van der Waals surface area contributed by atoms with Gasteiger partial charge in [-0.25, -0.2) is 0 Å². The largest absolute Gasteiger partial charge is 0.495 e. The maximum Gasteiger partial charge on any atom is 0.241 e. The van der Waals surface area contributed by atoms with Crippen molar-refractivity contribution >= 4 is 23.2 Å². The van der Waals surface area contributed by atoms with Crippen LogP contribution in [0.3, 0.4) is 0 Å². The van der Waals surface area contributed by atoms with Gasteiger partial charge in [0.05, 0.1) is 25.9 Å². The Morgan fingerprint density at radius 2 is 1.59 bits per heavy atom. The Labute approximate surface area is 160 Å². The van der Waals surface area contributed by atoms with E-state index >= 15 is 0 Å². The summed E-state index contributed by atoms with van der Waals surface area (Å²) >= 11 is 0. The van der Waals surface area contributed by atoms with Crippen LogP contribution in [0.5, 0.6) is 5.75 Å². The molecule has 2 aromatic carbocycles. The second-order valence-corrected chi connectivity index (χ2v) is 6.03. The van der Waals surface area contributed by atoms with E-state index in [2.05, 4.69) is 5.32 Å². The number of hydrogen-bond donors (Lipinski definition) is 1. The third kappa shape index (κ3) is 5.82. The molecule has 0 bridgehead atoms. The van der Waals surface area contributed by atoms with Gasteiger partial charge in [0.1, 0.15) is 5.75 Å². The SMILES string of the molecule is CCN(CC(=O)Nc1ccccc1OC)CC(=O)N(CC)c1ccccc1. The third-order valence-electron chi connectivity index (χ3n) is 4.24. The average molecular weight is 369 g/mol. The average Bonchev–Trinajstić information content (AvgIpc) is 2.69. The van der Waals surface area contributed by atoms with Crippen LogP contribution in [0.2, 0.25) is 0 Å². The van der Waals surface area contributed by atoms with Gasteiger partial charge in [0.25, 0.3) is 0 Å². The van der Waals surface area contributed by atoms with Crippen LogP contribution in [0.25, 0.3) is 0 Å². The molecule has 2 aromatic rings. The second-order valence-electron chi connectivity index (χ2n) is 6.03. The number of nitrogens with one attached hydrogen (secondary N) is 1. The van der Waals surface area contributed by atoms with Gasteiger partial charge in [0.15, 0.2) is 0 Å². The van der Waals surface area contributed by atoms with Crippen molar-refractivity contribution in [1.29, 1.82) is 0 Å². The molecule has 0 aliphatic rings. The zero-order valence-corrected chi connectivity index (χ0v) is 16.1. The van der Waals surface area contributed by atoms with Crippen LogP contribution < -0.4 is 15.0 Å². The summed E-state index contributed by atoms with van der Waals surface area (Å²) in [7, 11) is 1.56. The lowest BCUT2D eigenvalue weighted by Crippen LogP contribution is -2.43. The molecule has 144 valence electrons. The molecule has 0 saturated carbocycles. The lowest BCUT2D eigenvalue weighted by molar-refractivity contribution is -0.121. The summed E-state index contributed by atoms with van der Waals surface area (Å²) in [5.41, 5.74) is 1.48. The van der Waals surface area contributed by atoms with Crippen LogP contribution in [0.4, 0.5) is 11.4 Å². The summed E-state index contributed by atoms with van der Waals surface area (Å²) in [6.07, 6.45) is 0. The highest BCUT2D eigenvalue weighted by Crippen LogP contribution is 2.22. The highest BCUT2D eigenvalue weighted by atomic mass is 16.5. The molecule has 0 aliphatic carbocycles. The van der Waals surface area contributed by atoms with Crippen molar-refractivity contribution < 1.29 is 14.3 Å². The van der Waals surface area contributed by atoms with E-state index in [-0.39, 0.29) is 24.9 Å². The molecular formula is C21H27N3O3. The molecule has 2 amide bonds. The third-order valence-corrected chi connectivity index (χ3v) is 4.24. The van der Waals surface area contributed by atoms with E-state index in [0.29, 0.717) is 24.5 Å². The van der Waals surface area contributed by atoms with Crippen molar-refractivity contribution in [3.8, 4) is 5.75 Å². The van der Waals surface area contributed by atoms with Gasteiger partial charge in [-0.3, -0.25) is 14.5 Å². The fourth-order valence-electron chi connectivity index (χ4n) is 2.81. The van der Waals surface area contributed by atoms with Crippen LogP contribution in [-0.2, 0) is 9.59 Å². The number of carbonyl (C=O) groups excluding carboxylic acids is 2. The number of carbonyl (C=O) groups is 2. The first kappa shape index (κ1) is 20.5. The van der Waals surface area contributed by atoms with Gasteiger partial charge in [-0.05, 0) is 37.7 Å². The van der Waals surface area contributed by atoms with Gasteiger partial charge < -0.3 is 15.0 Å². The molecule has 27 heavy (non-hydrogen) atoms. The fourth-order valence-corrected chi connectivity index (χ4v) is 2.81. The van der Waals surface area contributed by atoms with E-state index in [1.165, 1.54) is 0 Å². The molecule has 0 heterocycles. The van der Waals surface area contributed by atoms with E-state index in [9.17, 15) is 9.59 Å². The molecule has 0 radical (unpaired) electrons. The van der Waals surface area contributed by atoms with Gasteiger partial charge in [-0.1, -0.05) is 37.3 Å². The molecule has 0 aromatic heterocycles. The first-order chi connectivity index (χ1) is 13.1. The minimum atomic E-state index is -0.183. The van der Waals surface area contributed by atoms with Gasteiger partial charge in [-0.15, -0.1) is 0 Å². The first-order valence-electron chi connectivity index (χ1n) is 9.09. The standard InChI is InChI=1S/C21H27N3O3/c1-4-23(15-20(25)22-18-13-9-10-14-19(18)27-3)16-21(26)24(5-2)17-11-7-6-8-12-17/h6-14H,4-5,15-16H2,1-3H3,(H,22,25). The molecular weight excluding hydrogens is 342 g/mol. The van der Waals surface area contributed by atoms with Crippen molar-refractivity contribution in [2.24, 2.45) is 0 Å². The summed E-state index contributed by atoms with van der Waals surface area (Å²) in [5, 5.41) is 2.84. The van der Waals surface area contributed by atoms with Gasteiger partial charge in [-0.2, -0.15) is 0 Å². The molecule has 0 atom stereocenters. The number of nitrogens with zero attached hydrogens (tertiary/aromatic N) is 2. The molecule has 0 unspecified atom stereocenters. The minimum absolute atomic E-state index is 0.0318. The lowest BCUT2D eigenvalue weighted by Gasteiger charge is -2.25. The minimum Gasteiger partial charge on any atom is -0.495 e. The Morgan fingerprint density at radius 1 is 0.926 bits per heavy atom. The van der Waals surface area contributed by atoms with Crippen molar-refractivity contribution in [2.45, 2.75) is 13.8 Å². The predicted octanol–water partition coefficient (Wildman–Crippen LogP) is 3.01. The van der Waals surface area contributed by atoms with E-state index in [1.807, 2.05) is 61.2 Å². The molecule has 6 nitrogen and oxygen atoms in total. The number of ether oxygens (including phenoxy) is 1. The molecule has 1 N–H and O–H groups in total. The number of para-hydroxylation sites is 3. The van der Waals surface area contributed by atoms with Crippen molar-refractivity contribution in [3.05, 3.63) is 54.6 Å². The number of hydrogen-bond acceptors (Lipinski definition) is 4.